The van der Waals surface area contributed by atoms with Gasteiger partial charge in [0.15, 0.2) is 0 Å². The van der Waals surface area contributed by atoms with E-state index in [4.69, 9.17) is 0 Å². The third-order valence-electron chi connectivity index (χ3n) is 6.49. The van der Waals surface area contributed by atoms with Gasteiger partial charge in [-0.3, -0.25) is 4.79 Å². The van der Waals surface area contributed by atoms with Gasteiger partial charge < -0.3 is 5.11 Å². The lowest BCUT2D eigenvalue weighted by atomic mass is 9.87. The van der Waals surface area contributed by atoms with Gasteiger partial charge in [0.2, 0.25) is 5.91 Å². The van der Waals surface area contributed by atoms with Crippen molar-refractivity contribution < 1.29 is 23.1 Å². The molecular weight excluding hydrogens is 522 g/mol. The normalized spacial score (nSPS) is 12.5. The van der Waals surface area contributed by atoms with E-state index < -0.39 is 27.8 Å². The number of sulfonamides is 1. The maximum atomic E-state index is 13.6. The lowest BCUT2D eigenvalue weighted by Gasteiger charge is -2.20. The molecule has 0 spiro atoms. The molecule has 1 amide bonds. The number of nitrogens with zero attached hydrogens (tertiary/aromatic N) is 2. The maximum absolute atomic E-state index is 13.6. The first-order chi connectivity index (χ1) is 18.1. The van der Waals surface area contributed by atoms with Gasteiger partial charge in [-0.15, -0.1) is 0 Å². The van der Waals surface area contributed by atoms with Crippen molar-refractivity contribution in [3.05, 3.63) is 88.5 Å². The Bertz CT molecular complexity index is 1580. The van der Waals surface area contributed by atoms with Crippen molar-refractivity contribution in [1.82, 2.24) is 13.5 Å². The van der Waals surface area contributed by atoms with E-state index in [0.717, 1.165) is 34.8 Å². The number of benzene rings is 3. The summed E-state index contributed by atoms with van der Waals surface area (Å²) in [6.45, 7) is 6.02. The van der Waals surface area contributed by atoms with Crippen LogP contribution in [-0.4, -0.2) is 34.1 Å². The van der Waals surface area contributed by atoms with E-state index in [2.05, 4.69) is 13.5 Å². The number of aryl methyl sites for hydroxylation is 1. The molecule has 3 aromatic carbocycles. The number of nitrogens with one attached hydrogen (secondary N) is 1. The van der Waals surface area contributed by atoms with Gasteiger partial charge in [0.25, 0.3) is 10.0 Å². The molecule has 4 aromatic rings. The highest BCUT2D eigenvalue weighted by atomic mass is 32.2. The smallest absolute Gasteiger partial charge is 0.335 e. The Kier molecular flexibility index (Phi) is 8.23. The summed E-state index contributed by atoms with van der Waals surface area (Å²) in [5.41, 5.74) is 4.66. The number of fused-ring (bicyclic) bond motifs is 1. The fraction of sp³-hybridized carbons (Fsp3) is 0.286. The topological polar surface area (TPSA) is 126 Å². The molecule has 10 heteroatoms. The van der Waals surface area contributed by atoms with Gasteiger partial charge in [-0.1, -0.05) is 51.5 Å². The van der Waals surface area contributed by atoms with Gasteiger partial charge >= 0.3 is 5.97 Å². The van der Waals surface area contributed by atoms with Gasteiger partial charge in [-0.2, -0.15) is 8.75 Å². The van der Waals surface area contributed by atoms with Gasteiger partial charge in [-0.05, 0) is 77.4 Å². The molecule has 1 heterocycles. The molecule has 0 radical (unpaired) electrons. The second-order valence-corrected chi connectivity index (χ2v) is 11.7. The molecule has 1 atom stereocenters. The summed E-state index contributed by atoms with van der Waals surface area (Å²) in [5.74, 6) is -2.33. The van der Waals surface area contributed by atoms with Crippen molar-refractivity contribution in [1.29, 1.82) is 0 Å². The maximum Gasteiger partial charge on any atom is 0.335 e. The predicted octanol–water partition coefficient (Wildman–Crippen LogP) is 5.30. The number of carboxylic acid groups (broad SMARTS) is 1. The number of aromatic nitrogens is 2. The minimum absolute atomic E-state index is 0.00522. The minimum atomic E-state index is -4.12. The number of carboxylic acids is 1. The minimum Gasteiger partial charge on any atom is -0.478 e. The monoisotopic (exact) mass is 551 g/mol. The second-order valence-electron chi connectivity index (χ2n) is 9.50. The average Bonchev–Trinajstić information content (AvgIpc) is 3.35. The molecule has 198 valence electrons. The molecule has 8 nitrogen and oxygen atoms in total. The van der Waals surface area contributed by atoms with Crippen molar-refractivity contribution in [3.8, 4) is 0 Å². The van der Waals surface area contributed by atoms with Gasteiger partial charge in [0.05, 0.1) is 28.1 Å². The molecule has 38 heavy (non-hydrogen) atoms. The van der Waals surface area contributed by atoms with Crippen molar-refractivity contribution in [2.45, 2.75) is 56.8 Å². The standard InChI is InChI=1S/C28H29N3O5S2/c1-4-5-19-14-22(28(33)34)7-6-20(19)15-24(21-10-13-25-26(16-21)30-37-29-25)27(32)31-38(35,36)23-11-8-18(9-12-23)17(2)3/h6-14,16-17,24H,4-5,15H2,1-3H3,(H,31,32)(H,33,34). The molecule has 0 aliphatic heterocycles. The highest BCUT2D eigenvalue weighted by Gasteiger charge is 2.28. The molecule has 4 rings (SSSR count). The first kappa shape index (κ1) is 27.4. The zero-order valence-corrected chi connectivity index (χ0v) is 23.0. The molecule has 0 aliphatic rings. The van der Waals surface area contributed by atoms with E-state index in [9.17, 15) is 23.1 Å². The fourth-order valence-corrected chi connectivity index (χ4v) is 5.89. The zero-order valence-electron chi connectivity index (χ0n) is 21.3. The van der Waals surface area contributed by atoms with Crippen LogP contribution >= 0.6 is 11.7 Å². The molecule has 1 unspecified atom stereocenters. The van der Waals surface area contributed by atoms with Crippen LogP contribution in [0.4, 0.5) is 0 Å². The number of amides is 1. The lowest BCUT2D eigenvalue weighted by molar-refractivity contribution is -0.120. The molecule has 0 fully saturated rings. The van der Waals surface area contributed by atoms with Crippen molar-refractivity contribution in [3.63, 3.8) is 0 Å². The van der Waals surface area contributed by atoms with Crippen molar-refractivity contribution in [2.24, 2.45) is 0 Å². The van der Waals surface area contributed by atoms with Crippen LogP contribution in [0.3, 0.4) is 0 Å². The Labute approximate surface area is 226 Å². The summed E-state index contributed by atoms with van der Waals surface area (Å²) in [6.07, 6.45) is 1.59. The molecule has 0 saturated heterocycles. The summed E-state index contributed by atoms with van der Waals surface area (Å²) in [4.78, 5) is 25.1. The molecule has 2 N–H and O–H groups in total. The van der Waals surface area contributed by atoms with Crippen LogP contribution in [0.15, 0.2) is 65.6 Å². The quantitative estimate of drug-likeness (QED) is 0.274. The molecular formula is C28H29N3O5S2. The summed E-state index contributed by atoms with van der Waals surface area (Å²) in [6, 6.07) is 16.6. The third kappa shape index (κ3) is 6.08. The molecule has 1 aromatic heterocycles. The van der Waals surface area contributed by atoms with Crippen LogP contribution in [0.1, 0.15) is 71.6 Å². The zero-order chi connectivity index (χ0) is 27.4. The van der Waals surface area contributed by atoms with Gasteiger partial charge in [-0.25, -0.2) is 17.9 Å². The highest BCUT2D eigenvalue weighted by Crippen LogP contribution is 2.28. The number of aromatic carboxylic acids is 1. The number of carbonyl (C=O) groups excluding carboxylic acids is 1. The van der Waals surface area contributed by atoms with E-state index in [-0.39, 0.29) is 22.8 Å². The summed E-state index contributed by atoms with van der Waals surface area (Å²) < 4.78 is 37.1. The number of carbonyl (C=O) groups is 2. The summed E-state index contributed by atoms with van der Waals surface area (Å²) >= 11 is 1.06. The van der Waals surface area contributed by atoms with Crippen LogP contribution < -0.4 is 4.72 Å². The van der Waals surface area contributed by atoms with Crippen LogP contribution in [-0.2, 0) is 27.7 Å². The van der Waals surface area contributed by atoms with E-state index >= 15 is 0 Å². The molecule has 0 saturated carbocycles. The van der Waals surface area contributed by atoms with Crippen LogP contribution in [0, 0.1) is 0 Å². The number of hydrogen-bond acceptors (Lipinski definition) is 7. The summed E-state index contributed by atoms with van der Waals surface area (Å²) in [7, 11) is -4.12. The molecule has 0 bridgehead atoms. The Morgan fingerprint density at radius 2 is 1.61 bits per heavy atom. The van der Waals surface area contributed by atoms with E-state index in [0.29, 0.717) is 23.0 Å². The lowest BCUT2D eigenvalue weighted by Crippen LogP contribution is -2.35. The Morgan fingerprint density at radius 1 is 0.921 bits per heavy atom. The Hall–Kier alpha value is -3.63. The van der Waals surface area contributed by atoms with Crippen LogP contribution in [0.2, 0.25) is 0 Å². The Morgan fingerprint density at radius 3 is 2.26 bits per heavy atom. The van der Waals surface area contributed by atoms with Gasteiger partial charge in [0, 0.05) is 0 Å². The summed E-state index contributed by atoms with van der Waals surface area (Å²) in [5, 5.41) is 9.44. The van der Waals surface area contributed by atoms with Crippen molar-refractivity contribution >= 4 is 44.7 Å². The largest absolute Gasteiger partial charge is 0.478 e. The van der Waals surface area contributed by atoms with Crippen LogP contribution in [0.25, 0.3) is 11.0 Å². The highest BCUT2D eigenvalue weighted by molar-refractivity contribution is 7.90. The first-order valence-corrected chi connectivity index (χ1v) is 14.5. The van der Waals surface area contributed by atoms with E-state index in [1.807, 2.05) is 20.8 Å². The average molecular weight is 552 g/mol. The SMILES string of the molecule is CCCc1cc(C(=O)O)ccc1CC(C(=O)NS(=O)(=O)c1ccc(C(C)C)cc1)c1ccc2nsnc2c1. The van der Waals surface area contributed by atoms with Gasteiger partial charge in [0.1, 0.15) is 11.0 Å². The number of rotatable bonds is 10. The van der Waals surface area contributed by atoms with E-state index in [1.165, 1.54) is 18.2 Å². The second kappa shape index (κ2) is 11.4. The first-order valence-electron chi connectivity index (χ1n) is 12.3. The van der Waals surface area contributed by atoms with Crippen molar-refractivity contribution in [2.75, 3.05) is 0 Å². The fourth-order valence-electron chi connectivity index (χ4n) is 4.35. The van der Waals surface area contributed by atoms with Crippen LogP contribution in [0.5, 0.6) is 0 Å². The number of hydrogen-bond donors (Lipinski definition) is 2. The predicted molar refractivity (Wildman–Crippen MR) is 147 cm³/mol. The Balaban J connectivity index is 1.71. The third-order valence-corrected chi connectivity index (χ3v) is 8.40. The van der Waals surface area contributed by atoms with E-state index in [1.54, 1.807) is 42.5 Å². The molecule has 0 aliphatic carbocycles.